The van der Waals surface area contributed by atoms with Gasteiger partial charge in [-0.15, -0.1) is 0 Å². The third kappa shape index (κ3) is 3.60. The molecule has 0 aliphatic rings. The third-order valence-corrected chi connectivity index (χ3v) is 5.42. The maximum atomic E-state index is 13.5. The Labute approximate surface area is 165 Å². The van der Waals surface area contributed by atoms with E-state index >= 15 is 0 Å². The number of allylic oxidation sites excluding steroid dienone is 1. The highest BCUT2D eigenvalue weighted by Crippen LogP contribution is 2.29. The topological polar surface area (TPSA) is 28.7 Å². The Balaban J connectivity index is 2.10. The number of aromatic nitrogens is 1. The van der Waals surface area contributed by atoms with E-state index in [-0.39, 0.29) is 5.82 Å². The van der Waals surface area contributed by atoms with Gasteiger partial charge in [0.1, 0.15) is 5.82 Å². The Bertz CT molecular complexity index is 1060. The van der Waals surface area contributed by atoms with Crippen molar-refractivity contribution >= 4 is 39.2 Å². The summed E-state index contributed by atoms with van der Waals surface area (Å²) in [5, 5.41) is 10.1. The van der Waals surface area contributed by atoms with Crippen molar-refractivity contribution < 1.29 is 4.39 Å². The largest absolute Gasteiger partial charge is 0.318 e. The van der Waals surface area contributed by atoms with Crippen molar-refractivity contribution in [2.75, 3.05) is 0 Å². The molecule has 0 bridgehead atoms. The number of rotatable bonds is 3. The Morgan fingerprint density at radius 1 is 1.19 bits per heavy atom. The SMILES string of the molecule is Cc1cc(/C=C(/C#N)c2cccc(F)c2)c(C)n1-c1ccc(Br)c(Cl)c1. The van der Waals surface area contributed by atoms with Crippen molar-refractivity contribution in [3.8, 4) is 11.8 Å². The lowest BCUT2D eigenvalue weighted by atomic mass is 10.0. The molecule has 0 saturated heterocycles. The zero-order chi connectivity index (χ0) is 18.8. The molecule has 3 rings (SSSR count). The number of halogens is 3. The average molecular weight is 430 g/mol. The van der Waals surface area contributed by atoms with E-state index in [0.717, 1.165) is 27.1 Å². The minimum atomic E-state index is -0.362. The molecule has 26 heavy (non-hydrogen) atoms. The lowest BCUT2D eigenvalue weighted by molar-refractivity contribution is 0.627. The quantitative estimate of drug-likeness (QED) is 0.425. The van der Waals surface area contributed by atoms with Crippen LogP contribution in [0.15, 0.2) is 53.0 Å². The second kappa shape index (κ2) is 7.49. The lowest BCUT2D eigenvalue weighted by Crippen LogP contribution is -1.99. The van der Waals surface area contributed by atoms with Crippen LogP contribution in [-0.2, 0) is 0 Å². The van der Waals surface area contributed by atoms with Gasteiger partial charge in [0.2, 0.25) is 0 Å². The Morgan fingerprint density at radius 3 is 2.62 bits per heavy atom. The molecule has 0 fully saturated rings. The van der Waals surface area contributed by atoms with Crippen LogP contribution in [-0.4, -0.2) is 4.57 Å². The van der Waals surface area contributed by atoms with Gasteiger partial charge in [-0.25, -0.2) is 4.39 Å². The van der Waals surface area contributed by atoms with Crippen LogP contribution in [0, 0.1) is 31.0 Å². The van der Waals surface area contributed by atoms with Crippen LogP contribution in [0.25, 0.3) is 17.3 Å². The summed E-state index contributed by atoms with van der Waals surface area (Å²) in [7, 11) is 0. The second-order valence-corrected chi connectivity index (χ2v) is 7.20. The van der Waals surface area contributed by atoms with Crippen molar-refractivity contribution in [3.63, 3.8) is 0 Å². The first-order valence-corrected chi connectivity index (χ1v) is 9.10. The molecule has 0 amide bonds. The van der Waals surface area contributed by atoms with Crippen molar-refractivity contribution in [3.05, 3.63) is 86.4 Å². The fourth-order valence-electron chi connectivity index (χ4n) is 2.95. The van der Waals surface area contributed by atoms with Gasteiger partial charge in [0.15, 0.2) is 0 Å². The molecular formula is C21H15BrClFN2. The molecule has 2 nitrogen and oxygen atoms in total. The molecule has 2 aromatic carbocycles. The zero-order valence-electron chi connectivity index (χ0n) is 14.2. The molecule has 1 heterocycles. The maximum absolute atomic E-state index is 13.5. The summed E-state index contributed by atoms with van der Waals surface area (Å²) in [6.07, 6.45) is 1.79. The highest BCUT2D eigenvalue weighted by atomic mass is 79.9. The highest BCUT2D eigenvalue weighted by molar-refractivity contribution is 9.10. The monoisotopic (exact) mass is 428 g/mol. The standard InChI is InChI=1S/C21H15BrClFN2/c1-13-8-16(9-17(12-25)15-4-3-5-18(24)10-15)14(2)26(13)19-6-7-20(22)21(23)11-19/h3-11H,1-2H3/b17-9-. The van der Waals surface area contributed by atoms with E-state index < -0.39 is 0 Å². The Kier molecular flexibility index (Phi) is 5.31. The minimum Gasteiger partial charge on any atom is -0.318 e. The van der Waals surface area contributed by atoms with Gasteiger partial charge in [-0.05, 0) is 83.4 Å². The summed E-state index contributed by atoms with van der Waals surface area (Å²) in [6, 6.07) is 16.0. The molecule has 0 radical (unpaired) electrons. The van der Waals surface area contributed by atoms with Crippen LogP contribution in [0.1, 0.15) is 22.5 Å². The van der Waals surface area contributed by atoms with Crippen LogP contribution in [0.3, 0.4) is 0 Å². The van der Waals surface area contributed by atoms with Gasteiger partial charge >= 0.3 is 0 Å². The van der Waals surface area contributed by atoms with Crippen molar-refractivity contribution in [2.45, 2.75) is 13.8 Å². The molecular weight excluding hydrogens is 415 g/mol. The summed E-state index contributed by atoms with van der Waals surface area (Å²) in [5.41, 5.74) is 4.82. The fourth-order valence-corrected chi connectivity index (χ4v) is 3.37. The second-order valence-electron chi connectivity index (χ2n) is 5.94. The summed E-state index contributed by atoms with van der Waals surface area (Å²) >= 11 is 9.63. The first-order chi connectivity index (χ1) is 12.4. The Morgan fingerprint density at radius 2 is 1.96 bits per heavy atom. The minimum absolute atomic E-state index is 0.362. The molecule has 0 aliphatic heterocycles. The predicted octanol–water partition coefficient (Wildman–Crippen LogP) is 6.71. The fraction of sp³-hybridized carbons (Fsp3) is 0.0952. The van der Waals surface area contributed by atoms with Gasteiger partial charge in [0.25, 0.3) is 0 Å². The van der Waals surface area contributed by atoms with Crippen molar-refractivity contribution in [1.29, 1.82) is 5.26 Å². The summed E-state index contributed by atoms with van der Waals surface area (Å²) in [6.45, 7) is 3.98. The smallest absolute Gasteiger partial charge is 0.123 e. The molecule has 0 unspecified atom stereocenters. The number of nitrogens with zero attached hydrogens (tertiary/aromatic N) is 2. The van der Waals surface area contributed by atoms with Crippen molar-refractivity contribution in [1.82, 2.24) is 4.57 Å². The molecule has 0 aliphatic carbocycles. The molecule has 0 saturated carbocycles. The van der Waals surface area contributed by atoms with E-state index in [0.29, 0.717) is 16.2 Å². The molecule has 5 heteroatoms. The van der Waals surface area contributed by atoms with Crippen LogP contribution in [0.4, 0.5) is 4.39 Å². The average Bonchev–Trinajstić information content (AvgIpc) is 2.89. The highest BCUT2D eigenvalue weighted by Gasteiger charge is 2.12. The van der Waals surface area contributed by atoms with Gasteiger partial charge < -0.3 is 4.57 Å². The van der Waals surface area contributed by atoms with E-state index in [1.54, 1.807) is 18.2 Å². The number of hydrogen-bond donors (Lipinski definition) is 0. The summed E-state index contributed by atoms with van der Waals surface area (Å²) in [5.74, 6) is -0.362. The third-order valence-electron chi connectivity index (χ3n) is 4.19. The molecule has 0 atom stereocenters. The first kappa shape index (κ1) is 18.4. The molecule has 130 valence electrons. The van der Waals surface area contributed by atoms with Gasteiger partial charge in [-0.2, -0.15) is 5.26 Å². The molecule has 0 spiro atoms. The number of hydrogen-bond acceptors (Lipinski definition) is 1. The number of benzene rings is 2. The molecule has 0 N–H and O–H groups in total. The number of aryl methyl sites for hydroxylation is 1. The maximum Gasteiger partial charge on any atom is 0.123 e. The van der Waals surface area contributed by atoms with E-state index in [9.17, 15) is 9.65 Å². The molecule has 3 aromatic rings. The van der Waals surface area contributed by atoms with Crippen LogP contribution in [0.2, 0.25) is 5.02 Å². The lowest BCUT2D eigenvalue weighted by Gasteiger charge is -2.11. The predicted molar refractivity (Wildman–Crippen MR) is 108 cm³/mol. The van der Waals surface area contributed by atoms with Gasteiger partial charge in [-0.3, -0.25) is 0 Å². The Hall–Kier alpha value is -2.35. The van der Waals surface area contributed by atoms with Crippen LogP contribution < -0.4 is 0 Å². The summed E-state index contributed by atoms with van der Waals surface area (Å²) in [4.78, 5) is 0. The van der Waals surface area contributed by atoms with Gasteiger partial charge in [0, 0.05) is 21.5 Å². The van der Waals surface area contributed by atoms with Gasteiger partial charge in [-0.1, -0.05) is 23.7 Å². The van der Waals surface area contributed by atoms with E-state index in [2.05, 4.69) is 26.6 Å². The van der Waals surface area contributed by atoms with Gasteiger partial charge in [0.05, 0.1) is 16.7 Å². The normalized spacial score (nSPS) is 11.5. The van der Waals surface area contributed by atoms with E-state index in [1.807, 2.05) is 38.1 Å². The number of nitriles is 1. The zero-order valence-corrected chi connectivity index (χ0v) is 16.6. The van der Waals surface area contributed by atoms with Crippen LogP contribution >= 0.6 is 27.5 Å². The van der Waals surface area contributed by atoms with Crippen molar-refractivity contribution in [2.24, 2.45) is 0 Å². The first-order valence-electron chi connectivity index (χ1n) is 7.93. The molecule has 1 aromatic heterocycles. The van der Waals surface area contributed by atoms with E-state index in [4.69, 9.17) is 11.6 Å². The van der Waals surface area contributed by atoms with E-state index in [1.165, 1.54) is 12.1 Å². The summed E-state index contributed by atoms with van der Waals surface area (Å²) < 4.78 is 16.4. The van der Waals surface area contributed by atoms with Crippen LogP contribution in [0.5, 0.6) is 0 Å².